The van der Waals surface area contributed by atoms with Gasteiger partial charge < -0.3 is 4.90 Å². The normalized spacial score (nSPS) is 31.4. The average molecular weight is 206 g/mol. The highest BCUT2D eigenvalue weighted by Gasteiger charge is 2.41. The predicted molar refractivity (Wildman–Crippen MR) is 65.0 cm³/mol. The molecule has 1 aliphatic heterocycles. The largest absolute Gasteiger partial charge is 0.357 e. The molecule has 2 unspecified atom stereocenters. The van der Waals surface area contributed by atoms with Crippen LogP contribution in [-0.4, -0.2) is 23.3 Å². The molecule has 1 saturated carbocycles. The van der Waals surface area contributed by atoms with E-state index in [2.05, 4.69) is 30.7 Å². The van der Waals surface area contributed by atoms with Crippen molar-refractivity contribution in [2.75, 3.05) is 6.54 Å². The molecule has 0 spiro atoms. The van der Waals surface area contributed by atoms with E-state index in [0.29, 0.717) is 0 Å². The third-order valence-electron chi connectivity index (χ3n) is 3.42. The minimum Gasteiger partial charge on any atom is -0.357 e. The van der Waals surface area contributed by atoms with E-state index in [1.807, 2.05) is 6.20 Å². The lowest BCUT2D eigenvalue weighted by molar-refractivity contribution is 0.327. The summed E-state index contributed by atoms with van der Waals surface area (Å²) < 4.78 is 0. The first-order valence-electron chi connectivity index (χ1n) is 6.20. The zero-order valence-electron chi connectivity index (χ0n) is 10.2. The predicted octanol–water partition coefficient (Wildman–Crippen LogP) is 3.20. The number of likely N-dealkylation sites (tertiary alicyclic amines) is 1. The number of hydrogen-bond acceptors (Lipinski definition) is 1. The Labute approximate surface area is 93.1 Å². The van der Waals surface area contributed by atoms with Crippen molar-refractivity contribution in [1.29, 1.82) is 0 Å². The summed E-state index contributed by atoms with van der Waals surface area (Å²) in [5.74, 6) is 2.13. The number of allylic oxidation sites excluding steroid dienone is 1. The van der Waals surface area contributed by atoms with Crippen LogP contribution in [0.5, 0.6) is 0 Å². The molecule has 1 aliphatic carbocycles. The number of hydrogen-bond donors (Lipinski definition) is 0. The summed E-state index contributed by atoms with van der Waals surface area (Å²) in [4.78, 5) is 7.24. The Morgan fingerprint density at radius 1 is 1.47 bits per heavy atom. The molecule has 0 radical (unpaired) electrons. The molecule has 2 aliphatic rings. The van der Waals surface area contributed by atoms with Crippen LogP contribution in [0.25, 0.3) is 0 Å². The smallest absolute Gasteiger partial charge is 0.107 e. The number of amidine groups is 1. The highest BCUT2D eigenvalue weighted by atomic mass is 15.2. The molecule has 2 nitrogen and oxygen atoms in total. The van der Waals surface area contributed by atoms with Crippen LogP contribution in [0.4, 0.5) is 0 Å². The van der Waals surface area contributed by atoms with Gasteiger partial charge in [0.15, 0.2) is 0 Å². The SMILES string of the molecule is CCCN1C(=NC=C(C)C)C2CCC1C2. The Kier molecular flexibility index (Phi) is 3.13. The van der Waals surface area contributed by atoms with Gasteiger partial charge >= 0.3 is 0 Å². The lowest BCUT2D eigenvalue weighted by Crippen LogP contribution is -2.37. The topological polar surface area (TPSA) is 15.6 Å². The quantitative estimate of drug-likeness (QED) is 0.692. The molecule has 1 heterocycles. The Morgan fingerprint density at radius 3 is 2.93 bits per heavy atom. The maximum atomic E-state index is 4.69. The number of fused-ring (bicyclic) bond motifs is 2. The summed E-state index contributed by atoms with van der Waals surface area (Å²) in [6.07, 6.45) is 7.37. The molecule has 0 aromatic heterocycles. The van der Waals surface area contributed by atoms with Crippen LogP contribution in [0, 0.1) is 5.92 Å². The lowest BCUT2D eigenvalue weighted by Gasteiger charge is -2.29. The molecule has 0 aromatic rings. The van der Waals surface area contributed by atoms with Gasteiger partial charge in [-0.1, -0.05) is 12.5 Å². The molecule has 0 aromatic carbocycles. The molecule has 2 bridgehead atoms. The molecular formula is C13H22N2. The maximum Gasteiger partial charge on any atom is 0.107 e. The maximum absolute atomic E-state index is 4.69. The number of aliphatic imine (C=N–C) groups is 1. The van der Waals surface area contributed by atoms with Crippen LogP contribution < -0.4 is 0 Å². The molecule has 2 atom stereocenters. The van der Waals surface area contributed by atoms with Crippen LogP contribution >= 0.6 is 0 Å². The average Bonchev–Trinajstić information content (AvgIpc) is 2.76. The fraction of sp³-hybridized carbons (Fsp3) is 0.769. The van der Waals surface area contributed by atoms with Crippen LogP contribution in [0.2, 0.25) is 0 Å². The first-order valence-corrected chi connectivity index (χ1v) is 6.20. The summed E-state index contributed by atoms with van der Waals surface area (Å²) in [5, 5.41) is 0. The Bertz CT molecular complexity index is 287. The standard InChI is InChI=1S/C13H22N2/c1-4-7-15-12-6-5-11(8-12)13(15)14-9-10(2)3/h9,11-12H,4-8H2,1-3H3. The Balaban J connectivity index is 2.14. The van der Waals surface area contributed by atoms with Gasteiger partial charge in [0, 0.05) is 24.7 Å². The van der Waals surface area contributed by atoms with Crippen molar-refractivity contribution in [2.45, 2.75) is 52.5 Å². The fourth-order valence-electron chi connectivity index (χ4n) is 2.81. The van der Waals surface area contributed by atoms with E-state index in [9.17, 15) is 0 Å². The summed E-state index contributed by atoms with van der Waals surface area (Å²) in [7, 11) is 0. The monoisotopic (exact) mass is 206 g/mol. The summed E-state index contributed by atoms with van der Waals surface area (Å²) in [6, 6.07) is 0.805. The molecule has 0 N–H and O–H groups in total. The minimum absolute atomic E-state index is 0.761. The van der Waals surface area contributed by atoms with E-state index in [1.165, 1.54) is 43.6 Å². The van der Waals surface area contributed by atoms with E-state index in [-0.39, 0.29) is 0 Å². The van der Waals surface area contributed by atoms with Crippen LogP contribution in [0.3, 0.4) is 0 Å². The van der Waals surface area contributed by atoms with E-state index < -0.39 is 0 Å². The molecule has 2 rings (SSSR count). The van der Waals surface area contributed by atoms with Crippen molar-refractivity contribution in [3.05, 3.63) is 11.8 Å². The number of nitrogens with zero attached hydrogens (tertiary/aromatic N) is 2. The highest BCUT2D eigenvalue weighted by molar-refractivity contribution is 5.88. The van der Waals surface area contributed by atoms with E-state index >= 15 is 0 Å². The lowest BCUT2D eigenvalue weighted by atomic mass is 10.1. The van der Waals surface area contributed by atoms with Crippen molar-refractivity contribution in [1.82, 2.24) is 4.90 Å². The van der Waals surface area contributed by atoms with Gasteiger partial charge in [-0.3, -0.25) is 0 Å². The third kappa shape index (κ3) is 2.09. The summed E-state index contributed by atoms with van der Waals surface area (Å²) >= 11 is 0. The first-order chi connectivity index (χ1) is 7.22. The Morgan fingerprint density at radius 2 is 2.27 bits per heavy atom. The van der Waals surface area contributed by atoms with Crippen molar-refractivity contribution in [2.24, 2.45) is 10.9 Å². The van der Waals surface area contributed by atoms with Crippen molar-refractivity contribution in [3.8, 4) is 0 Å². The van der Waals surface area contributed by atoms with E-state index in [0.717, 1.165) is 12.0 Å². The van der Waals surface area contributed by atoms with Gasteiger partial charge in [0.05, 0.1) is 0 Å². The number of rotatable bonds is 3. The second kappa shape index (κ2) is 4.38. The van der Waals surface area contributed by atoms with Crippen LogP contribution in [-0.2, 0) is 0 Å². The van der Waals surface area contributed by atoms with Crippen molar-refractivity contribution >= 4 is 5.84 Å². The molecule has 2 heteroatoms. The van der Waals surface area contributed by atoms with Gasteiger partial charge in [0.2, 0.25) is 0 Å². The zero-order chi connectivity index (χ0) is 10.8. The molecular weight excluding hydrogens is 184 g/mol. The minimum atomic E-state index is 0.761. The number of piperidine rings is 1. The van der Waals surface area contributed by atoms with Gasteiger partial charge in [-0.05, 0) is 39.5 Å². The van der Waals surface area contributed by atoms with E-state index in [1.54, 1.807) is 0 Å². The van der Waals surface area contributed by atoms with Gasteiger partial charge in [-0.2, -0.15) is 0 Å². The van der Waals surface area contributed by atoms with E-state index in [4.69, 9.17) is 0 Å². The molecule has 2 fully saturated rings. The van der Waals surface area contributed by atoms with Crippen LogP contribution in [0.1, 0.15) is 46.5 Å². The molecule has 1 saturated heterocycles. The van der Waals surface area contributed by atoms with Gasteiger partial charge in [0.25, 0.3) is 0 Å². The first kappa shape index (κ1) is 10.7. The third-order valence-corrected chi connectivity index (χ3v) is 3.42. The van der Waals surface area contributed by atoms with Crippen molar-refractivity contribution < 1.29 is 0 Å². The van der Waals surface area contributed by atoms with Gasteiger partial charge in [-0.15, -0.1) is 0 Å². The Hall–Kier alpha value is -0.790. The van der Waals surface area contributed by atoms with Crippen LogP contribution in [0.15, 0.2) is 16.8 Å². The second-order valence-corrected chi connectivity index (χ2v) is 5.05. The summed E-state index contributed by atoms with van der Waals surface area (Å²) in [6.45, 7) is 7.67. The highest BCUT2D eigenvalue weighted by Crippen LogP contribution is 2.39. The molecule has 84 valence electrons. The zero-order valence-corrected chi connectivity index (χ0v) is 10.2. The molecule has 15 heavy (non-hydrogen) atoms. The van der Waals surface area contributed by atoms with Crippen molar-refractivity contribution in [3.63, 3.8) is 0 Å². The van der Waals surface area contributed by atoms with Gasteiger partial charge in [0.1, 0.15) is 5.84 Å². The van der Waals surface area contributed by atoms with Gasteiger partial charge in [-0.25, -0.2) is 4.99 Å². The fourth-order valence-corrected chi connectivity index (χ4v) is 2.81. The summed E-state index contributed by atoms with van der Waals surface area (Å²) in [5.41, 5.74) is 1.29. The second-order valence-electron chi connectivity index (χ2n) is 5.05. The molecule has 0 amide bonds.